The highest BCUT2D eigenvalue weighted by Crippen LogP contribution is 2.18. The molecular weight excluding hydrogens is 214 g/mol. The number of aromatic nitrogens is 2. The van der Waals surface area contributed by atoms with Crippen molar-refractivity contribution in [3.63, 3.8) is 0 Å². The Morgan fingerprint density at radius 3 is 2.76 bits per heavy atom. The Balaban J connectivity index is 2.54. The van der Waals surface area contributed by atoms with Gasteiger partial charge in [0.2, 0.25) is 0 Å². The number of nitrogen functional groups attached to an aromatic ring is 1. The molecule has 0 aliphatic carbocycles. The molecule has 0 aliphatic rings. The molecular formula is C12H23N5. The van der Waals surface area contributed by atoms with Gasteiger partial charge in [0.25, 0.3) is 0 Å². The Bertz CT molecular complexity index is 338. The summed E-state index contributed by atoms with van der Waals surface area (Å²) in [5.41, 5.74) is 6.90. The average Bonchev–Trinajstić information content (AvgIpc) is 2.28. The van der Waals surface area contributed by atoms with Gasteiger partial charge in [-0.15, -0.1) is 0 Å². The molecule has 1 aromatic heterocycles. The van der Waals surface area contributed by atoms with Crippen LogP contribution < -0.4 is 11.1 Å². The standard InChI is InChI=1S/C12H23N5/c1-4-6-10-11(13)15-9-16-12(10)14-7-5-8-17(2)3/h9H,4-8H2,1-3H3,(H3,13,14,15,16). The van der Waals surface area contributed by atoms with Crippen LogP contribution in [-0.4, -0.2) is 42.1 Å². The molecule has 5 nitrogen and oxygen atoms in total. The third-order valence-corrected chi connectivity index (χ3v) is 2.55. The van der Waals surface area contributed by atoms with Crippen LogP contribution in [0, 0.1) is 0 Å². The Hall–Kier alpha value is -1.36. The predicted molar refractivity (Wildman–Crippen MR) is 72.1 cm³/mol. The van der Waals surface area contributed by atoms with Gasteiger partial charge in [0.15, 0.2) is 0 Å². The number of nitrogens with zero attached hydrogens (tertiary/aromatic N) is 3. The zero-order valence-corrected chi connectivity index (χ0v) is 11.0. The van der Waals surface area contributed by atoms with Crippen molar-refractivity contribution in [3.05, 3.63) is 11.9 Å². The molecule has 0 atom stereocenters. The van der Waals surface area contributed by atoms with E-state index < -0.39 is 0 Å². The van der Waals surface area contributed by atoms with E-state index in [0.29, 0.717) is 5.82 Å². The topological polar surface area (TPSA) is 67.1 Å². The summed E-state index contributed by atoms with van der Waals surface area (Å²) >= 11 is 0. The minimum absolute atomic E-state index is 0.594. The number of nitrogens with one attached hydrogen (secondary N) is 1. The fourth-order valence-corrected chi connectivity index (χ4v) is 1.68. The lowest BCUT2D eigenvalue weighted by Crippen LogP contribution is -2.17. The molecule has 0 aliphatic heterocycles. The molecule has 0 saturated carbocycles. The first-order chi connectivity index (χ1) is 8.15. The van der Waals surface area contributed by atoms with Gasteiger partial charge in [-0.05, 0) is 33.5 Å². The van der Waals surface area contributed by atoms with E-state index in [2.05, 4.69) is 41.2 Å². The van der Waals surface area contributed by atoms with E-state index >= 15 is 0 Å². The Labute approximate surface area is 103 Å². The van der Waals surface area contributed by atoms with Crippen molar-refractivity contribution in [2.24, 2.45) is 0 Å². The summed E-state index contributed by atoms with van der Waals surface area (Å²) in [6, 6.07) is 0. The molecule has 17 heavy (non-hydrogen) atoms. The summed E-state index contributed by atoms with van der Waals surface area (Å²) in [5.74, 6) is 1.48. The molecule has 0 amide bonds. The fourth-order valence-electron chi connectivity index (χ4n) is 1.68. The highest BCUT2D eigenvalue weighted by Gasteiger charge is 2.07. The van der Waals surface area contributed by atoms with Crippen molar-refractivity contribution in [3.8, 4) is 0 Å². The summed E-state index contributed by atoms with van der Waals surface area (Å²) in [6.45, 7) is 4.10. The molecule has 0 radical (unpaired) electrons. The van der Waals surface area contributed by atoms with Gasteiger partial charge in [0, 0.05) is 12.1 Å². The Kier molecular flexibility index (Phi) is 5.69. The molecule has 0 spiro atoms. The fraction of sp³-hybridized carbons (Fsp3) is 0.667. The molecule has 3 N–H and O–H groups in total. The highest BCUT2D eigenvalue weighted by atomic mass is 15.1. The van der Waals surface area contributed by atoms with E-state index in [1.54, 1.807) is 0 Å². The first kappa shape index (κ1) is 13.7. The van der Waals surface area contributed by atoms with Gasteiger partial charge in [-0.3, -0.25) is 0 Å². The summed E-state index contributed by atoms with van der Waals surface area (Å²) in [6.07, 6.45) is 4.57. The Morgan fingerprint density at radius 2 is 2.12 bits per heavy atom. The summed E-state index contributed by atoms with van der Waals surface area (Å²) in [5, 5.41) is 3.34. The first-order valence-corrected chi connectivity index (χ1v) is 6.13. The number of hydrogen-bond acceptors (Lipinski definition) is 5. The van der Waals surface area contributed by atoms with Crippen molar-refractivity contribution in [1.29, 1.82) is 0 Å². The number of rotatable bonds is 7. The molecule has 0 unspecified atom stereocenters. The second-order valence-corrected chi connectivity index (χ2v) is 4.42. The Morgan fingerprint density at radius 1 is 1.35 bits per heavy atom. The van der Waals surface area contributed by atoms with Crippen molar-refractivity contribution >= 4 is 11.6 Å². The zero-order chi connectivity index (χ0) is 12.7. The van der Waals surface area contributed by atoms with Gasteiger partial charge in [-0.2, -0.15) is 0 Å². The lowest BCUT2D eigenvalue weighted by Gasteiger charge is -2.13. The largest absolute Gasteiger partial charge is 0.383 e. The van der Waals surface area contributed by atoms with E-state index in [1.807, 2.05) is 0 Å². The normalized spacial score (nSPS) is 10.8. The van der Waals surface area contributed by atoms with Crippen LogP contribution in [0.5, 0.6) is 0 Å². The minimum Gasteiger partial charge on any atom is -0.383 e. The average molecular weight is 237 g/mol. The summed E-state index contributed by atoms with van der Waals surface area (Å²) in [7, 11) is 4.15. The zero-order valence-electron chi connectivity index (χ0n) is 11.0. The molecule has 0 aromatic carbocycles. The van der Waals surface area contributed by atoms with E-state index in [-0.39, 0.29) is 0 Å². The quantitative estimate of drug-likeness (QED) is 0.701. The molecule has 0 bridgehead atoms. The van der Waals surface area contributed by atoms with Gasteiger partial charge in [0.1, 0.15) is 18.0 Å². The van der Waals surface area contributed by atoms with Gasteiger partial charge in [-0.1, -0.05) is 13.3 Å². The smallest absolute Gasteiger partial charge is 0.134 e. The lowest BCUT2D eigenvalue weighted by atomic mass is 10.1. The lowest BCUT2D eigenvalue weighted by molar-refractivity contribution is 0.405. The van der Waals surface area contributed by atoms with Gasteiger partial charge >= 0.3 is 0 Å². The molecule has 1 heterocycles. The highest BCUT2D eigenvalue weighted by molar-refractivity contribution is 5.54. The van der Waals surface area contributed by atoms with Crippen LogP contribution in [-0.2, 0) is 6.42 Å². The number of hydrogen-bond donors (Lipinski definition) is 2. The molecule has 5 heteroatoms. The van der Waals surface area contributed by atoms with Crippen LogP contribution in [0.25, 0.3) is 0 Å². The van der Waals surface area contributed by atoms with E-state index in [1.165, 1.54) is 6.33 Å². The van der Waals surface area contributed by atoms with Gasteiger partial charge in [0.05, 0.1) is 0 Å². The maximum absolute atomic E-state index is 5.86. The molecule has 0 saturated heterocycles. The molecule has 1 rings (SSSR count). The SMILES string of the molecule is CCCc1c(N)ncnc1NCCCN(C)C. The second-order valence-electron chi connectivity index (χ2n) is 4.42. The van der Waals surface area contributed by atoms with Crippen LogP contribution in [0.3, 0.4) is 0 Å². The van der Waals surface area contributed by atoms with Crippen LogP contribution in [0.2, 0.25) is 0 Å². The maximum atomic E-state index is 5.86. The third kappa shape index (κ3) is 4.56. The predicted octanol–water partition coefficient (Wildman–Crippen LogP) is 1.37. The van der Waals surface area contributed by atoms with Crippen LogP contribution >= 0.6 is 0 Å². The van der Waals surface area contributed by atoms with Crippen molar-refractivity contribution in [2.75, 3.05) is 38.2 Å². The van der Waals surface area contributed by atoms with Crippen molar-refractivity contribution in [1.82, 2.24) is 14.9 Å². The monoisotopic (exact) mass is 237 g/mol. The summed E-state index contributed by atoms with van der Waals surface area (Å²) in [4.78, 5) is 10.5. The van der Waals surface area contributed by atoms with Crippen molar-refractivity contribution < 1.29 is 0 Å². The van der Waals surface area contributed by atoms with Gasteiger partial charge in [-0.25, -0.2) is 9.97 Å². The summed E-state index contributed by atoms with van der Waals surface area (Å²) < 4.78 is 0. The van der Waals surface area contributed by atoms with Crippen molar-refractivity contribution in [2.45, 2.75) is 26.2 Å². The van der Waals surface area contributed by atoms with Crippen LogP contribution in [0.15, 0.2) is 6.33 Å². The molecule has 96 valence electrons. The molecule has 1 aromatic rings. The maximum Gasteiger partial charge on any atom is 0.134 e. The second kappa shape index (κ2) is 7.06. The van der Waals surface area contributed by atoms with E-state index in [4.69, 9.17) is 5.73 Å². The minimum atomic E-state index is 0.594. The van der Waals surface area contributed by atoms with Gasteiger partial charge < -0.3 is 16.0 Å². The first-order valence-electron chi connectivity index (χ1n) is 6.13. The van der Waals surface area contributed by atoms with Crippen LogP contribution in [0.4, 0.5) is 11.6 Å². The number of anilines is 2. The van der Waals surface area contributed by atoms with E-state index in [9.17, 15) is 0 Å². The van der Waals surface area contributed by atoms with E-state index in [0.717, 1.165) is 43.7 Å². The number of nitrogens with two attached hydrogens (primary N) is 1. The van der Waals surface area contributed by atoms with Crippen LogP contribution in [0.1, 0.15) is 25.3 Å². The third-order valence-electron chi connectivity index (χ3n) is 2.55. The molecule has 0 fully saturated rings.